The third-order valence-electron chi connectivity index (χ3n) is 5.21. The minimum absolute atomic E-state index is 0.00338. The highest BCUT2D eigenvalue weighted by Crippen LogP contribution is 2.44. The molecule has 1 amide bonds. The monoisotopic (exact) mass is 491 g/mol. The Hall–Kier alpha value is -3.89. The molecule has 10 heteroatoms. The van der Waals surface area contributed by atoms with E-state index >= 15 is 0 Å². The molecule has 1 atom stereocenters. The summed E-state index contributed by atoms with van der Waals surface area (Å²) in [5, 5.41) is 29.1. The van der Waals surface area contributed by atoms with Gasteiger partial charge in [0.05, 0.1) is 17.9 Å². The topological polar surface area (TPSA) is 117 Å². The number of rotatable bonds is 7. The fourth-order valence-corrected chi connectivity index (χ4v) is 5.45. The number of hydrogen-bond acceptors (Lipinski definition) is 9. The summed E-state index contributed by atoms with van der Waals surface area (Å²) in [6.07, 6.45) is 1.34. The second-order valence-electron chi connectivity index (χ2n) is 7.36. The zero-order valence-corrected chi connectivity index (χ0v) is 19.1. The van der Waals surface area contributed by atoms with Gasteiger partial charge in [0, 0.05) is 5.75 Å². The lowest BCUT2D eigenvalue weighted by atomic mass is 9.95. The summed E-state index contributed by atoms with van der Waals surface area (Å²) in [5.41, 5.74) is 1.51. The summed E-state index contributed by atoms with van der Waals surface area (Å²) in [5.74, 6) is -1.34. The fourth-order valence-electron chi connectivity index (χ4n) is 3.62. The molecule has 2 aromatic carbocycles. The van der Waals surface area contributed by atoms with Crippen LogP contribution in [0, 0.1) is 0 Å². The second-order valence-corrected chi connectivity index (χ2v) is 9.54. The number of hydrogen-bond donors (Lipinski definition) is 2. The number of phenolic OH excluding ortho intramolecular Hbond substituents is 1. The third-order valence-corrected chi connectivity index (χ3v) is 7.34. The summed E-state index contributed by atoms with van der Waals surface area (Å²) in [6.45, 7) is 0. The molecule has 170 valence electrons. The Kier molecular flexibility index (Phi) is 5.91. The van der Waals surface area contributed by atoms with Crippen molar-refractivity contribution < 1.29 is 24.2 Å². The van der Waals surface area contributed by atoms with Gasteiger partial charge >= 0.3 is 0 Å². The van der Waals surface area contributed by atoms with E-state index in [0.29, 0.717) is 15.7 Å². The van der Waals surface area contributed by atoms with Gasteiger partial charge in [-0.2, -0.15) is 0 Å². The molecule has 0 spiro atoms. The van der Waals surface area contributed by atoms with Crippen molar-refractivity contribution in [2.24, 2.45) is 0 Å². The van der Waals surface area contributed by atoms with E-state index in [1.807, 2.05) is 30.3 Å². The molecule has 0 bridgehead atoms. The number of nitrogens with zero attached hydrogens (tertiary/aromatic N) is 3. The first-order valence-corrected chi connectivity index (χ1v) is 12.0. The zero-order valence-electron chi connectivity index (χ0n) is 17.5. The molecule has 0 radical (unpaired) electrons. The molecule has 1 unspecified atom stereocenters. The van der Waals surface area contributed by atoms with Crippen molar-refractivity contribution in [2.45, 2.75) is 16.1 Å². The molecular formula is C24H17N3O5S2. The number of Topliss-reactive ketones (excluding diaryl/α,β-unsaturated/α-hetero) is 1. The van der Waals surface area contributed by atoms with E-state index in [2.05, 4.69) is 10.2 Å². The fraction of sp³-hybridized carbons (Fsp3) is 0.0833. The largest absolute Gasteiger partial charge is 0.508 e. The van der Waals surface area contributed by atoms with Crippen molar-refractivity contribution in [3.63, 3.8) is 0 Å². The summed E-state index contributed by atoms with van der Waals surface area (Å²) in [7, 11) is 0. The lowest BCUT2D eigenvalue weighted by Crippen LogP contribution is -2.31. The van der Waals surface area contributed by atoms with Gasteiger partial charge in [0.2, 0.25) is 10.9 Å². The standard InChI is InChI=1S/C24H17N3O5S2/c28-16-10-8-15(9-11-16)19-18(20(29)17-7-4-12-32-17)21(30)22(31)27(19)23-25-26-24(34-23)33-13-14-5-2-1-3-6-14/h1-12,19,28,30H,13H2. The van der Waals surface area contributed by atoms with Gasteiger partial charge in [0.1, 0.15) is 5.75 Å². The Morgan fingerprint density at radius 1 is 1.03 bits per heavy atom. The first-order valence-electron chi connectivity index (χ1n) is 10.2. The smallest absolute Gasteiger partial charge is 0.296 e. The van der Waals surface area contributed by atoms with Crippen LogP contribution in [0.5, 0.6) is 5.75 Å². The average molecular weight is 492 g/mol. The number of anilines is 1. The quantitative estimate of drug-likeness (QED) is 0.213. The van der Waals surface area contributed by atoms with Crippen LogP contribution in [0.1, 0.15) is 27.7 Å². The number of amides is 1. The van der Waals surface area contributed by atoms with Crippen molar-refractivity contribution in [2.75, 3.05) is 4.90 Å². The number of aliphatic hydroxyl groups excluding tert-OH is 1. The lowest BCUT2D eigenvalue weighted by Gasteiger charge is -2.23. The molecule has 0 saturated carbocycles. The third kappa shape index (κ3) is 4.09. The maximum atomic E-state index is 13.2. The zero-order chi connectivity index (χ0) is 23.7. The van der Waals surface area contributed by atoms with Crippen molar-refractivity contribution in [1.29, 1.82) is 0 Å². The molecule has 0 fully saturated rings. The van der Waals surface area contributed by atoms with Gasteiger partial charge in [0.15, 0.2) is 15.9 Å². The molecule has 0 aliphatic carbocycles. The second kappa shape index (κ2) is 9.16. The van der Waals surface area contributed by atoms with Crippen LogP contribution in [0.15, 0.2) is 93.1 Å². The molecule has 2 aromatic heterocycles. The van der Waals surface area contributed by atoms with Crippen molar-refractivity contribution in [1.82, 2.24) is 10.2 Å². The van der Waals surface area contributed by atoms with Gasteiger partial charge in [-0.15, -0.1) is 10.2 Å². The molecule has 2 N–H and O–H groups in total. The molecule has 0 saturated heterocycles. The van der Waals surface area contributed by atoms with Crippen LogP contribution in [0.2, 0.25) is 0 Å². The van der Waals surface area contributed by atoms with Crippen LogP contribution in [0.25, 0.3) is 0 Å². The normalized spacial score (nSPS) is 15.8. The number of thioether (sulfide) groups is 1. The minimum Gasteiger partial charge on any atom is -0.508 e. The van der Waals surface area contributed by atoms with Crippen molar-refractivity contribution in [3.05, 3.63) is 101 Å². The van der Waals surface area contributed by atoms with Crippen LogP contribution in [-0.4, -0.2) is 32.1 Å². The summed E-state index contributed by atoms with van der Waals surface area (Å²) < 4.78 is 5.86. The molecular weight excluding hydrogens is 474 g/mol. The number of phenols is 1. The molecule has 1 aliphatic rings. The minimum atomic E-state index is -0.967. The lowest BCUT2D eigenvalue weighted by molar-refractivity contribution is -0.117. The van der Waals surface area contributed by atoms with Crippen LogP contribution >= 0.6 is 23.1 Å². The molecule has 3 heterocycles. The van der Waals surface area contributed by atoms with Crippen molar-refractivity contribution in [3.8, 4) is 5.75 Å². The van der Waals surface area contributed by atoms with E-state index in [4.69, 9.17) is 4.42 Å². The van der Waals surface area contributed by atoms with Crippen molar-refractivity contribution >= 4 is 39.9 Å². The van der Waals surface area contributed by atoms with E-state index in [-0.39, 0.29) is 22.2 Å². The van der Waals surface area contributed by atoms with E-state index in [1.165, 1.54) is 52.5 Å². The summed E-state index contributed by atoms with van der Waals surface area (Å²) in [6, 6.07) is 18.0. The molecule has 1 aliphatic heterocycles. The number of aromatic nitrogens is 2. The number of aromatic hydroxyl groups is 1. The predicted octanol–water partition coefficient (Wildman–Crippen LogP) is 4.91. The number of furan rings is 1. The summed E-state index contributed by atoms with van der Waals surface area (Å²) >= 11 is 2.67. The summed E-state index contributed by atoms with van der Waals surface area (Å²) in [4.78, 5) is 27.6. The van der Waals surface area contributed by atoms with Gasteiger partial charge in [-0.3, -0.25) is 14.5 Å². The molecule has 8 nitrogen and oxygen atoms in total. The Morgan fingerprint density at radius 2 is 1.79 bits per heavy atom. The van der Waals surface area contributed by atoms with E-state index in [0.717, 1.165) is 5.56 Å². The number of carbonyl (C=O) groups excluding carboxylic acids is 2. The molecule has 4 aromatic rings. The number of carbonyl (C=O) groups is 2. The predicted molar refractivity (Wildman–Crippen MR) is 127 cm³/mol. The molecule has 5 rings (SSSR count). The van der Waals surface area contributed by atoms with Gasteiger partial charge in [-0.1, -0.05) is 65.6 Å². The van der Waals surface area contributed by atoms with Gasteiger partial charge in [-0.25, -0.2) is 0 Å². The Morgan fingerprint density at radius 3 is 2.50 bits per heavy atom. The first-order chi connectivity index (χ1) is 16.5. The SMILES string of the molecule is O=C(C1=C(O)C(=O)N(c2nnc(SCc3ccccc3)s2)C1c1ccc(O)cc1)c1ccco1. The highest BCUT2D eigenvalue weighted by molar-refractivity contribution is 8.00. The van der Waals surface area contributed by atoms with E-state index in [9.17, 15) is 19.8 Å². The maximum Gasteiger partial charge on any atom is 0.296 e. The van der Waals surface area contributed by atoms with Gasteiger partial charge < -0.3 is 14.6 Å². The van der Waals surface area contributed by atoms with Crippen LogP contribution in [0.3, 0.4) is 0 Å². The van der Waals surface area contributed by atoms with Crippen LogP contribution in [0.4, 0.5) is 5.13 Å². The van der Waals surface area contributed by atoms with E-state index in [1.54, 1.807) is 18.2 Å². The Bertz CT molecular complexity index is 1370. The maximum absolute atomic E-state index is 13.2. The van der Waals surface area contributed by atoms with Gasteiger partial charge in [0.25, 0.3) is 5.91 Å². The highest BCUT2D eigenvalue weighted by atomic mass is 32.2. The number of aliphatic hydroxyl groups is 1. The van der Waals surface area contributed by atoms with Crippen LogP contribution in [-0.2, 0) is 10.5 Å². The van der Waals surface area contributed by atoms with Gasteiger partial charge in [-0.05, 0) is 35.4 Å². The van der Waals surface area contributed by atoms with E-state index < -0.39 is 23.5 Å². The van der Waals surface area contributed by atoms with Crippen LogP contribution < -0.4 is 4.90 Å². The Labute approximate surface area is 202 Å². The molecule has 34 heavy (non-hydrogen) atoms. The first kappa shape index (κ1) is 21.9. The average Bonchev–Trinajstić information content (AvgIpc) is 3.60. The number of ketones is 1. The Balaban J connectivity index is 1.50. The number of benzene rings is 2. The highest BCUT2D eigenvalue weighted by Gasteiger charge is 2.46.